The number of rotatable bonds is 17. The second kappa shape index (κ2) is 18.8. The molecule has 0 unspecified atom stereocenters. The number of ether oxygens (including phenoxy) is 2. The van der Waals surface area contributed by atoms with Crippen LogP contribution >= 0.6 is 0 Å². The first-order chi connectivity index (χ1) is 14.9. The van der Waals surface area contributed by atoms with Crippen LogP contribution in [0.4, 0.5) is 0 Å². The molecule has 0 radical (unpaired) electrons. The van der Waals surface area contributed by atoms with Crippen molar-refractivity contribution in [1.82, 2.24) is 0 Å². The molecule has 0 saturated carbocycles. The summed E-state index contributed by atoms with van der Waals surface area (Å²) in [6.45, 7) is 13.1. The highest BCUT2D eigenvalue weighted by Gasteiger charge is 2.20. The summed E-state index contributed by atoms with van der Waals surface area (Å²) < 4.78 is 9.99. The van der Waals surface area contributed by atoms with Crippen LogP contribution in [0.15, 0.2) is 0 Å². The summed E-state index contributed by atoms with van der Waals surface area (Å²) >= 11 is 0. The zero-order valence-electron chi connectivity index (χ0n) is 21.7. The summed E-state index contributed by atoms with van der Waals surface area (Å²) in [4.78, 5) is 43.5. The van der Waals surface area contributed by atoms with Crippen LogP contribution in [-0.4, -0.2) is 37.7 Å². The molecule has 6 nitrogen and oxygen atoms in total. The second-order valence-corrected chi connectivity index (χ2v) is 10.2. The van der Waals surface area contributed by atoms with E-state index in [0.29, 0.717) is 6.42 Å². The van der Waals surface area contributed by atoms with Gasteiger partial charge >= 0.3 is 11.9 Å². The number of hydrogen-bond donors (Lipinski definition) is 0. The molecular formula is C26H48O6. The van der Waals surface area contributed by atoms with E-state index in [2.05, 4.69) is 6.92 Å². The Kier molecular flexibility index (Phi) is 19.1. The molecule has 0 amide bonds. The van der Waals surface area contributed by atoms with E-state index in [1.165, 1.54) is 44.9 Å². The topological polar surface area (TPSA) is 86.7 Å². The second-order valence-electron chi connectivity index (χ2n) is 10.2. The van der Waals surface area contributed by atoms with Gasteiger partial charge in [-0.25, -0.2) is 0 Å². The Labute approximate surface area is 196 Å². The minimum Gasteiger partial charge on any atom is -0.465 e. The van der Waals surface area contributed by atoms with Gasteiger partial charge in [-0.05, 0) is 34.1 Å². The Morgan fingerprint density at radius 1 is 0.719 bits per heavy atom. The minimum absolute atomic E-state index is 0.132. The summed E-state index contributed by atoms with van der Waals surface area (Å²) in [5, 5.41) is 0. The van der Waals surface area contributed by atoms with Crippen molar-refractivity contribution in [3.8, 4) is 0 Å². The SMILES string of the molecule is CC(C)C(=O)OCC(C)(C)C=O.CCCCCCCCCCCC(=O)OCC(C)(C)C=O. The number of aldehydes is 2. The monoisotopic (exact) mass is 456 g/mol. The third-order valence-corrected chi connectivity index (χ3v) is 4.79. The van der Waals surface area contributed by atoms with Gasteiger partial charge in [-0.1, -0.05) is 72.1 Å². The van der Waals surface area contributed by atoms with Gasteiger partial charge in [0.25, 0.3) is 0 Å². The molecule has 0 aliphatic heterocycles. The summed E-state index contributed by atoms with van der Waals surface area (Å²) in [6, 6.07) is 0. The fourth-order valence-corrected chi connectivity index (χ4v) is 2.41. The van der Waals surface area contributed by atoms with Crippen molar-refractivity contribution in [2.45, 2.75) is 113 Å². The highest BCUT2D eigenvalue weighted by Crippen LogP contribution is 2.14. The molecule has 0 aliphatic rings. The smallest absolute Gasteiger partial charge is 0.308 e. The number of hydrogen-bond acceptors (Lipinski definition) is 6. The molecule has 0 bridgehead atoms. The maximum absolute atomic E-state index is 11.5. The fraction of sp³-hybridized carbons (Fsp3) is 0.846. The Bertz CT molecular complexity index is 522. The van der Waals surface area contributed by atoms with E-state index in [4.69, 9.17) is 9.47 Å². The van der Waals surface area contributed by atoms with Gasteiger partial charge in [0.05, 0.1) is 16.7 Å². The van der Waals surface area contributed by atoms with Gasteiger partial charge in [-0.3, -0.25) is 9.59 Å². The molecule has 0 spiro atoms. The lowest BCUT2D eigenvalue weighted by Crippen LogP contribution is -2.24. The molecule has 6 heteroatoms. The third-order valence-electron chi connectivity index (χ3n) is 4.79. The largest absolute Gasteiger partial charge is 0.465 e. The zero-order chi connectivity index (χ0) is 25.0. The van der Waals surface area contributed by atoms with Crippen molar-refractivity contribution in [3.05, 3.63) is 0 Å². The molecule has 0 aliphatic carbocycles. The average molecular weight is 457 g/mol. The fourth-order valence-electron chi connectivity index (χ4n) is 2.41. The Hall–Kier alpha value is -1.72. The van der Waals surface area contributed by atoms with E-state index in [0.717, 1.165) is 25.4 Å². The highest BCUT2D eigenvalue weighted by molar-refractivity contribution is 5.72. The van der Waals surface area contributed by atoms with Gasteiger partial charge in [-0.15, -0.1) is 0 Å². The first-order valence-electron chi connectivity index (χ1n) is 12.2. The lowest BCUT2D eigenvalue weighted by molar-refractivity contribution is -0.151. The van der Waals surface area contributed by atoms with E-state index in [1.807, 2.05) is 0 Å². The van der Waals surface area contributed by atoms with E-state index in [9.17, 15) is 19.2 Å². The van der Waals surface area contributed by atoms with Gasteiger partial charge in [0.1, 0.15) is 25.8 Å². The number of unbranched alkanes of at least 4 members (excludes halogenated alkanes) is 8. The van der Waals surface area contributed by atoms with Crippen molar-refractivity contribution in [2.24, 2.45) is 16.7 Å². The molecular weight excluding hydrogens is 408 g/mol. The van der Waals surface area contributed by atoms with Crippen LogP contribution in [0, 0.1) is 16.7 Å². The first-order valence-corrected chi connectivity index (χ1v) is 12.2. The van der Waals surface area contributed by atoms with Gasteiger partial charge in [0, 0.05) is 6.42 Å². The number of esters is 2. The van der Waals surface area contributed by atoms with Crippen LogP contribution in [0.3, 0.4) is 0 Å². The Morgan fingerprint density at radius 2 is 1.12 bits per heavy atom. The summed E-state index contributed by atoms with van der Waals surface area (Å²) in [5.74, 6) is -0.569. The minimum atomic E-state index is -0.565. The molecule has 0 atom stereocenters. The lowest BCUT2D eigenvalue weighted by atomic mass is 9.98. The standard InChI is InChI=1S/C17H32O3.C9H16O3/c1-4-5-6-7-8-9-10-11-12-13-16(19)20-15-17(2,3)14-18;1-7(2)8(11)12-6-9(3,4)5-10/h14H,4-13,15H2,1-3H3;5,7H,6H2,1-4H3. The van der Waals surface area contributed by atoms with Crippen LogP contribution in [0.5, 0.6) is 0 Å². The highest BCUT2D eigenvalue weighted by atomic mass is 16.5. The van der Waals surface area contributed by atoms with E-state index in [-0.39, 0.29) is 31.1 Å². The predicted octanol–water partition coefficient (Wildman–Crippen LogP) is 6.09. The predicted molar refractivity (Wildman–Crippen MR) is 128 cm³/mol. The van der Waals surface area contributed by atoms with Crippen LogP contribution in [0.1, 0.15) is 113 Å². The average Bonchev–Trinajstić information content (AvgIpc) is 2.75. The quantitative estimate of drug-likeness (QED) is 0.150. The Morgan fingerprint density at radius 3 is 1.53 bits per heavy atom. The van der Waals surface area contributed by atoms with Gasteiger partial charge in [-0.2, -0.15) is 0 Å². The molecule has 188 valence electrons. The molecule has 0 saturated heterocycles. The van der Waals surface area contributed by atoms with Gasteiger partial charge < -0.3 is 19.1 Å². The molecule has 0 fully saturated rings. The van der Waals surface area contributed by atoms with Gasteiger partial charge in [0.15, 0.2) is 0 Å². The molecule has 0 aromatic rings. The normalized spacial score (nSPS) is 11.4. The summed E-state index contributed by atoms with van der Waals surface area (Å²) in [7, 11) is 0. The molecule has 0 heterocycles. The molecule has 0 rings (SSSR count). The molecule has 0 aromatic heterocycles. The van der Waals surface area contributed by atoms with Crippen LogP contribution in [-0.2, 0) is 28.7 Å². The Balaban J connectivity index is 0. The van der Waals surface area contributed by atoms with E-state index >= 15 is 0 Å². The van der Waals surface area contributed by atoms with Crippen molar-refractivity contribution in [2.75, 3.05) is 13.2 Å². The van der Waals surface area contributed by atoms with Crippen molar-refractivity contribution < 1.29 is 28.7 Å². The van der Waals surface area contributed by atoms with Crippen molar-refractivity contribution in [1.29, 1.82) is 0 Å². The number of carbonyl (C=O) groups excluding carboxylic acids is 4. The first kappa shape index (κ1) is 32.5. The summed E-state index contributed by atoms with van der Waals surface area (Å²) in [6.07, 6.45) is 13.2. The van der Waals surface area contributed by atoms with Crippen molar-refractivity contribution in [3.63, 3.8) is 0 Å². The van der Waals surface area contributed by atoms with Crippen LogP contribution in [0.25, 0.3) is 0 Å². The van der Waals surface area contributed by atoms with Gasteiger partial charge in [0.2, 0.25) is 0 Å². The maximum atomic E-state index is 11.5. The molecule has 0 aromatic carbocycles. The number of carbonyl (C=O) groups is 4. The van der Waals surface area contributed by atoms with E-state index in [1.54, 1.807) is 41.5 Å². The van der Waals surface area contributed by atoms with Crippen LogP contribution in [0.2, 0.25) is 0 Å². The third kappa shape index (κ3) is 21.5. The maximum Gasteiger partial charge on any atom is 0.308 e. The van der Waals surface area contributed by atoms with E-state index < -0.39 is 10.8 Å². The van der Waals surface area contributed by atoms with Crippen molar-refractivity contribution >= 4 is 24.5 Å². The molecule has 0 N–H and O–H groups in total. The lowest BCUT2D eigenvalue weighted by Gasteiger charge is -2.17. The molecule has 32 heavy (non-hydrogen) atoms. The van der Waals surface area contributed by atoms with Crippen LogP contribution < -0.4 is 0 Å². The zero-order valence-corrected chi connectivity index (χ0v) is 21.7. The summed E-state index contributed by atoms with van der Waals surface area (Å²) in [5.41, 5.74) is -1.13.